The number of carbonyl (C=O) groups excluding carboxylic acids is 1. The van der Waals surface area contributed by atoms with E-state index in [1.165, 1.54) is 22.6 Å². The number of hydrazone groups is 1. The Morgan fingerprint density at radius 3 is 2.86 bits per heavy atom. The molecule has 2 aromatic carbocycles. The van der Waals surface area contributed by atoms with Gasteiger partial charge in [-0.25, -0.2) is 4.98 Å². The summed E-state index contributed by atoms with van der Waals surface area (Å²) in [7, 11) is 1.62. The molecule has 4 rings (SSSR count). The Labute approximate surface area is 178 Å². The van der Waals surface area contributed by atoms with Crippen LogP contribution < -0.4 is 9.75 Å². The van der Waals surface area contributed by atoms with Crippen LogP contribution in [0.25, 0.3) is 10.2 Å². The van der Waals surface area contributed by atoms with Gasteiger partial charge < -0.3 is 9.15 Å². The van der Waals surface area contributed by atoms with E-state index in [9.17, 15) is 4.79 Å². The summed E-state index contributed by atoms with van der Waals surface area (Å²) in [4.78, 5) is 17.8. The van der Waals surface area contributed by atoms with E-state index in [0.717, 1.165) is 19.5 Å². The van der Waals surface area contributed by atoms with Gasteiger partial charge in [0.1, 0.15) is 11.5 Å². The van der Waals surface area contributed by atoms with E-state index in [1.54, 1.807) is 31.6 Å². The first-order valence-corrected chi connectivity index (χ1v) is 10.2. The number of carbonyl (C=O) groups is 1. The number of amides is 1. The van der Waals surface area contributed by atoms with Gasteiger partial charge in [-0.3, -0.25) is 4.79 Å². The second-order valence-corrected chi connectivity index (χ2v) is 7.86. The highest BCUT2D eigenvalue weighted by Gasteiger charge is 2.23. The average Bonchev–Trinajstić information content (AvgIpc) is 3.37. The molecule has 140 valence electrons. The van der Waals surface area contributed by atoms with Crippen molar-refractivity contribution in [2.75, 3.05) is 12.1 Å². The Hall–Kier alpha value is -2.72. The highest BCUT2D eigenvalue weighted by molar-refractivity contribution is 14.1. The van der Waals surface area contributed by atoms with Crippen LogP contribution in [-0.4, -0.2) is 24.2 Å². The van der Waals surface area contributed by atoms with Crippen molar-refractivity contribution in [2.24, 2.45) is 5.10 Å². The first-order valence-electron chi connectivity index (χ1n) is 8.27. The van der Waals surface area contributed by atoms with E-state index in [0.29, 0.717) is 16.5 Å². The summed E-state index contributed by atoms with van der Waals surface area (Å²) in [6, 6.07) is 16.5. The number of nitrogens with zero attached hydrogens (tertiary/aromatic N) is 3. The molecule has 0 bridgehead atoms. The predicted molar refractivity (Wildman–Crippen MR) is 118 cm³/mol. The standard InChI is InChI=1S/C20H14IN3O3S/c1-26-13-8-9-17-18(11-13)28-20(23-17)24(22-12-14-5-4-10-27-14)19(25)15-6-2-3-7-16(15)21/h2-12H,1H3/b22-12+. The summed E-state index contributed by atoms with van der Waals surface area (Å²) in [5.41, 5.74) is 1.33. The molecule has 0 atom stereocenters. The molecule has 0 unspecified atom stereocenters. The van der Waals surface area contributed by atoms with Gasteiger partial charge in [0.25, 0.3) is 5.91 Å². The van der Waals surface area contributed by atoms with Gasteiger partial charge in [-0.1, -0.05) is 23.5 Å². The molecule has 0 aliphatic heterocycles. The van der Waals surface area contributed by atoms with Crippen LogP contribution in [0.4, 0.5) is 5.13 Å². The number of furan rings is 1. The number of hydrogen-bond donors (Lipinski definition) is 0. The third-order valence-electron chi connectivity index (χ3n) is 3.91. The first-order chi connectivity index (χ1) is 13.7. The smallest absolute Gasteiger partial charge is 0.281 e. The largest absolute Gasteiger partial charge is 0.497 e. The molecule has 2 heterocycles. The first kappa shape index (κ1) is 18.6. The van der Waals surface area contributed by atoms with Crippen molar-refractivity contribution in [1.29, 1.82) is 0 Å². The highest BCUT2D eigenvalue weighted by atomic mass is 127. The zero-order valence-electron chi connectivity index (χ0n) is 14.7. The minimum Gasteiger partial charge on any atom is -0.497 e. The molecule has 0 aliphatic rings. The predicted octanol–water partition coefficient (Wildman–Crippen LogP) is 5.18. The van der Waals surface area contributed by atoms with E-state index < -0.39 is 0 Å². The quantitative estimate of drug-likeness (QED) is 0.214. The van der Waals surface area contributed by atoms with Crippen LogP contribution in [0.3, 0.4) is 0 Å². The summed E-state index contributed by atoms with van der Waals surface area (Å²) in [5.74, 6) is 1.01. The zero-order valence-corrected chi connectivity index (χ0v) is 17.7. The summed E-state index contributed by atoms with van der Waals surface area (Å²) < 4.78 is 12.3. The lowest BCUT2D eigenvalue weighted by Gasteiger charge is -2.14. The lowest BCUT2D eigenvalue weighted by atomic mass is 10.2. The van der Waals surface area contributed by atoms with E-state index in [4.69, 9.17) is 9.15 Å². The number of anilines is 1. The summed E-state index contributed by atoms with van der Waals surface area (Å²) >= 11 is 3.51. The molecule has 6 nitrogen and oxygen atoms in total. The summed E-state index contributed by atoms with van der Waals surface area (Å²) in [6.07, 6.45) is 3.05. The van der Waals surface area contributed by atoms with Crippen LogP contribution in [0.15, 0.2) is 70.4 Å². The number of aromatic nitrogens is 1. The fourth-order valence-corrected chi connectivity index (χ4v) is 4.10. The van der Waals surface area contributed by atoms with Gasteiger partial charge in [0, 0.05) is 3.57 Å². The fourth-order valence-electron chi connectivity index (χ4n) is 2.53. The lowest BCUT2D eigenvalue weighted by molar-refractivity contribution is 0.0987. The molecule has 1 amide bonds. The van der Waals surface area contributed by atoms with Gasteiger partial charge in [-0.2, -0.15) is 10.1 Å². The molecule has 0 N–H and O–H groups in total. The number of methoxy groups -OCH3 is 1. The topological polar surface area (TPSA) is 67.9 Å². The molecule has 0 saturated heterocycles. The summed E-state index contributed by atoms with van der Waals surface area (Å²) in [6.45, 7) is 0. The second kappa shape index (κ2) is 8.11. The monoisotopic (exact) mass is 503 g/mol. The van der Waals surface area contributed by atoms with E-state index in [1.807, 2.05) is 36.4 Å². The van der Waals surface area contributed by atoms with Crippen molar-refractivity contribution in [2.45, 2.75) is 0 Å². The van der Waals surface area contributed by atoms with Gasteiger partial charge in [0.15, 0.2) is 0 Å². The molecule has 0 aliphatic carbocycles. The molecule has 0 saturated carbocycles. The molecule has 8 heteroatoms. The van der Waals surface area contributed by atoms with Crippen LogP contribution in [0.2, 0.25) is 0 Å². The van der Waals surface area contributed by atoms with E-state index in [2.05, 4.69) is 32.7 Å². The van der Waals surface area contributed by atoms with Crippen molar-refractivity contribution in [3.05, 3.63) is 75.8 Å². The molecule has 0 fully saturated rings. The number of hydrogen-bond acceptors (Lipinski definition) is 6. The molecule has 28 heavy (non-hydrogen) atoms. The highest BCUT2D eigenvalue weighted by Crippen LogP contribution is 2.32. The number of fused-ring (bicyclic) bond motifs is 1. The minimum absolute atomic E-state index is 0.265. The van der Waals surface area contributed by atoms with Gasteiger partial charge in [0.2, 0.25) is 5.13 Å². The van der Waals surface area contributed by atoms with Crippen LogP contribution in [0.1, 0.15) is 16.1 Å². The molecule has 0 radical (unpaired) electrons. The Kier molecular flexibility index (Phi) is 5.40. The van der Waals surface area contributed by atoms with Crippen LogP contribution in [0, 0.1) is 3.57 Å². The van der Waals surface area contributed by atoms with Crippen molar-refractivity contribution >= 4 is 61.4 Å². The SMILES string of the molecule is COc1ccc2nc(N(/N=C/c3ccco3)C(=O)c3ccccc3I)sc2c1. The number of halogens is 1. The van der Waals surface area contributed by atoms with E-state index >= 15 is 0 Å². The molecule has 4 aromatic rings. The second-order valence-electron chi connectivity index (χ2n) is 5.69. The summed E-state index contributed by atoms with van der Waals surface area (Å²) in [5, 5.41) is 6.14. The van der Waals surface area contributed by atoms with Crippen LogP contribution >= 0.6 is 33.9 Å². The maximum Gasteiger partial charge on any atom is 0.281 e. The van der Waals surface area contributed by atoms with E-state index in [-0.39, 0.29) is 5.91 Å². The number of benzene rings is 2. The Morgan fingerprint density at radius 2 is 2.11 bits per heavy atom. The number of thiazole rings is 1. The Bertz CT molecular complexity index is 1150. The van der Waals surface area contributed by atoms with Gasteiger partial charge >= 0.3 is 0 Å². The van der Waals surface area contributed by atoms with Crippen molar-refractivity contribution < 1.29 is 13.9 Å². The molecule has 0 spiro atoms. The van der Waals surface area contributed by atoms with Crippen LogP contribution in [-0.2, 0) is 0 Å². The maximum absolute atomic E-state index is 13.2. The van der Waals surface area contributed by atoms with Gasteiger partial charge in [-0.05, 0) is 65.1 Å². The number of rotatable bonds is 5. The molecular weight excluding hydrogens is 489 g/mol. The maximum atomic E-state index is 13.2. The zero-order chi connectivity index (χ0) is 19.5. The van der Waals surface area contributed by atoms with Crippen molar-refractivity contribution in [1.82, 2.24) is 4.98 Å². The van der Waals surface area contributed by atoms with Crippen molar-refractivity contribution in [3.8, 4) is 5.75 Å². The Balaban J connectivity index is 1.78. The number of ether oxygens (including phenoxy) is 1. The third kappa shape index (κ3) is 3.78. The normalized spacial score (nSPS) is 11.2. The third-order valence-corrected chi connectivity index (χ3v) is 5.84. The van der Waals surface area contributed by atoms with Gasteiger partial charge in [0.05, 0.1) is 35.4 Å². The molecule has 2 aromatic heterocycles. The fraction of sp³-hybridized carbons (Fsp3) is 0.0500. The Morgan fingerprint density at radius 1 is 1.25 bits per heavy atom. The van der Waals surface area contributed by atoms with Gasteiger partial charge in [-0.15, -0.1) is 0 Å². The molecular formula is C20H14IN3O3S. The van der Waals surface area contributed by atoms with Crippen LogP contribution in [0.5, 0.6) is 5.75 Å². The average molecular weight is 503 g/mol. The minimum atomic E-state index is -0.265. The van der Waals surface area contributed by atoms with Crippen molar-refractivity contribution in [3.63, 3.8) is 0 Å². The lowest BCUT2D eigenvalue weighted by Crippen LogP contribution is -2.26.